The molecular weight excluding hydrogens is 344 g/mol. The third kappa shape index (κ3) is 3.24. The number of carbonyl (C=O) groups excluding carboxylic acids is 2. The number of nitrogens with one attached hydrogen (secondary N) is 1. The Morgan fingerprint density at radius 2 is 2.00 bits per heavy atom. The zero-order chi connectivity index (χ0) is 19.2. The summed E-state index contributed by atoms with van der Waals surface area (Å²) in [6, 6.07) is 0.238. The van der Waals surface area contributed by atoms with Gasteiger partial charge in [-0.05, 0) is 27.2 Å². The minimum absolute atomic E-state index is 0.0319. The molecule has 2 fully saturated rings. The van der Waals surface area contributed by atoms with Gasteiger partial charge in [-0.25, -0.2) is 4.98 Å². The third-order valence-electron chi connectivity index (χ3n) is 5.76. The smallest absolute Gasteiger partial charge is 0.257 e. The lowest BCUT2D eigenvalue weighted by molar-refractivity contribution is -0.130. The second-order valence-electron chi connectivity index (χ2n) is 8.18. The Balaban J connectivity index is 1.32. The molecule has 0 saturated carbocycles. The standard InChI is InChI=1S/C19H26N6O2/c1-13(2)25-8-15(7-22-25)18(27)24-10-19(11-24)4-5-23(9-19)17(26)6-16-14(3)20-12-21-16/h7-8,12-13H,4-6,9-11H2,1-3H3,(H,20,21). The molecule has 2 aliphatic heterocycles. The maximum absolute atomic E-state index is 12.6. The average molecular weight is 370 g/mol. The zero-order valence-electron chi connectivity index (χ0n) is 16.1. The van der Waals surface area contributed by atoms with Gasteiger partial charge in [-0.1, -0.05) is 0 Å². The number of amides is 2. The lowest BCUT2D eigenvalue weighted by Crippen LogP contribution is -2.59. The van der Waals surface area contributed by atoms with Gasteiger partial charge in [-0.2, -0.15) is 5.10 Å². The Morgan fingerprint density at radius 1 is 1.26 bits per heavy atom. The van der Waals surface area contributed by atoms with Crippen LogP contribution in [0.5, 0.6) is 0 Å². The number of hydrogen-bond acceptors (Lipinski definition) is 4. The molecular formula is C19H26N6O2. The average Bonchev–Trinajstić information content (AvgIpc) is 3.32. The van der Waals surface area contributed by atoms with Crippen LogP contribution in [0.15, 0.2) is 18.7 Å². The molecule has 4 rings (SSSR count). The number of H-pyrrole nitrogens is 1. The molecule has 4 heterocycles. The van der Waals surface area contributed by atoms with Crippen molar-refractivity contribution < 1.29 is 9.59 Å². The molecule has 27 heavy (non-hydrogen) atoms. The SMILES string of the molecule is Cc1[nH]cnc1CC(=O)N1CCC2(C1)CN(C(=O)c1cnn(C(C)C)c1)C2. The first kappa shape index (κ1) is 17.8. The largest absolute Gasteiger partial charge is 0.348 e. The van der Waals surface area contributed by atoms with Crippen LogP contribution in [0.25, 0.3) is 0 Å². The van der Waals surface area contributed by atoms with Crippen LogP contribution in [-0.4, -0.2) is 67.5 Å². The van der Waals surface area contributed by atoms with Gasteiger partial charge in [0.05, 0.1) is 30.2 Å². The maximum atomic E-state index is 12.6. The van der Waals surface area contributed by atoms with Crippen molar-refractivity contribution in [3.63, 3.8) is 0 Å². The fourth-order valence-corrected chi connectivity index (χ4v) is 4.05. The Hall–Kier alpha value is -2.64. The number of imidazole rings is 1. The van der Waals surface area contributed by atoms with E-state index in [4.69, 9.17) is 0 Å². The Labute approximate surface area is 158 Å². The molecule has 0 aromatic carbocycles. The van der Waals surface area contributed by atoms with Gasteiger partial charge < -0.3 is 14.8 Å². The molecule has 2 saturated heterocycles. The van der Waals surface area contributed by atoms with E-state index < -0.39 is 0 Å². The van der Waals surface area contributed by atoms with Crippen LogP contribution in [0.4, 0.5) is 0 Å². The third-order valence-corrected chi connectivity index (χ3v) is 5.76. The Bertz CT molecular complexity index is 861. The highest BCUT2D eigenvalue weighted by atomic mass is 16.2. The molecule has 2 amide bonds. The number of hydrogen-bond donors (Lipinski definition) is 1. The number of rotatable bonds is 4. The Morgan fingerprint density at radius 3 is 2.63 bits per heavy atom. The van der Waals surface area contributed by atoms with Gasteiger partial charge in [0.15, 0.2) is 0 Å². The minimum Gasteiger partial charge on any atom is -0.348 e. The highest BCUT2D eigenvalue weighted by Gasteiger charge is 2.50. The fraction of sp³-hybridized carbons (Fsp3) is 0.579. The lowest BCUT2D eigenvalue weighted by atomic mass is 9.79. The summed E-state index contributed by atoms with van der Waals surface area (Å²) in [5.74, 6) is 0.148. The number of aromatic amines is 1. The Kier molecular flexibility index (Phi) is 4.28. The van der Waals surface area contributed by atoms with E-state index in [0.29, 0.717) is 25.1 Å². The molecule has 0 aliphatic carbocycles. The second kappa shape index (κ2) is 6.51. The predicted molar refractivity (Wildman–Crippen MR) is 99.2 cm³/mol. The number of likely N-dealkylation sites (tertiary alicyclic amines) is 2. The maximum Gasteiger partial charge on any atom is 0.257 e. The molecule has 0 bridgehead atoms. The van der Waals surface area contributed by atoms with Gasteiger partial charge in [-0.3, -0.25) is 14.3 Å². The molecule has 1 N–H and O–H groups in total. The van der Waals surface area contributed by atoms with Crippen molar-refractivity contribution in [1.29, 1.82) is 0 Å². The van der Waals surface area contributed by atoms with Crippen molar-refractivity contribution in [2.45, 2.75) is 39.7 Å². The van der Waals surface area contributed by atoms with Crippen molar-refractivity contribution >= 4 is 11.8 Å². The summed E-state index contributed by atoms with van der Waals surface area (Å²) >= 11 is 0. The molecule has 8 nitrogen and oxygen atoms in total. The summed E-state index contributed by atoms with van der Waals surface area (Å²) in [6.45, 7) is 8.91. The highest BCUT2D eigenvalue weighted by molar-refractivity contribution is 5.94. The van der Waals surface area contributed by atoms with Gasteiger partial charge >= 0.3 is 0 Å². The summed E-state index contributed by atoms with van der Waals surface area (Å²) < 4.78 is 1.80. The summed E-state index contributed by atoms with van der Waals surface area (Å²) in [5.41, 5.74) is 2.45. The van der Waals surface area contributed by atoms with Crippen LogP contribution in [-0.2, 0) is 11.2 Å². The first-order chi connectivity index (χ1) is 12.9. The monoisotopic (exact) mass is 370 g/mol. The molecule has 0 unspecified atom stereocenters. The van der Waals surface area contributed by atoms with Crippen molar-refractivity contribution in [2.75, 3.05) is 26.2 Å². The van der Waals surface area contributed by atoms with E-state index in [1.807, 2.05) is 36.8 Å². The summed E-state index contributed by atoms with van der Waals surface area (Å²) in [5, 5.41) is 4.25. The van der Waals surface area contributed by atoms with Gasteiger partial charge in [-0.15, -0.1) is 0 Å². The van der Waals surface area contributed by atoms with Crippen LogP contribution in [0.2, 0.25) is 0 Å². The summed E-state index contributed by atoms with van der Waals surface area (Å²) in [4.78, 5) is 36.2. The summed E-state index contributed by atoms with van der Waals surface area (Å²) in [6.07, 6.45) is 6.37. The van der Waals surface area contributed by atoms with E-state index >= 15 is 0 Å². The van der Waals surface area contributed by atoms with E-state index in [1.54, 1.807) is 17.2 Å². The summed E-state index contributed by atoms with van der Waals surface area (Å²) in [7, 11) is 0. The van der Waals surface area contributed by atoms with E-state index in [-0.39, 0.29) is 23.3 Å². The minimum atomic E-state index is 0.0319. The van der Waals surface area contributed by atoms with E-state index in [0.717, 1.165) is 30.9 Å². The number of nitrogens with zero attached hydrogens (tertiary/aromatic N) is 5. The van der Waals surface area contributed by atoms with Crippen LogP contribution in [0.3, 0.4) is 0 Å². The molecule has 0 radical (unpaired) electrons. The van der Waals surface area contributed by atoms with Crippen molar-refractivity contribution in [3.05, 3.63) is 35.7 Å². The normalized spacial score (nSPS) is 18.4. The number of aryl methyl sites for hydroxylation is 1. The van der Waals surface area contributed by atoms with Gasteiger partial charge in [0.25, 0.3) is 5.91 Å². The van der Waals surface area contributed by atoms with Gasteiger partial charge in [0, 0.05) is 49.5 Å². The van der Waals surface area contributed by atoms with Crippen LogP contribution in [0.1, 0.15) is 48.1 Å². The first-order valence-corrected chi connectivity index (χ1v) is 9.47. The van der Waals surface area contributed by atoms with Crippen LogP contribution < -0.4 is 0 Å². The van der Waals surface area contributed by atoms with Crippen molar-refractivity contribution in [3.8, 4) is 0 Å². The topological polar surface area (TPSA) is 87.1 Å². The fourth-order valence-electron chi connectivity index (χ4n) is 4.05. The quantitative estimate of drug-likeness (QED) is 0.882. The zero-order valence-corrected chi connectivity index (χ0v) is 16.1. The van der Waals surface area contributed by atoms with Gasteiger partial charge in [0.2, 0.25) is 5.91 Å². The molecule has 2 aliphatic rings. The predicted octanol–water partition coefficient (Wildman–Crippen LogP) is 1.41. The highest BCUT2D eigenvalue weighted by Crippen LogP contribution is 2.40. The first-order valence-electron chi connectivity index (χ1n) is 9.47. The van der Waals surface area contributed by atoms with E-state index in [2.05, 4.69) is 15.1 Å². The molecule has 2 aromatic rings. The lowest BCUT2D eigenvalue weighted by Gasteiger charge is -2.47. The van der Waals surface area contributed by atoms with Gasteiger partial charge in [0.1, 0.15) is 0 Å². The molecule has 2 aromatic heterocycles. The van der Waals surface area contributed by atoms with Crippen LogP contribution >= 0.6 is 0 Å². The number of carbonyl (C=O) groups is 2. The van der Waals surface area contributed by atoms with E-state index in [1.165, 1.54) is 0 Å². The second-order valence-corrected chi connectivity index (χ2v) is 8.18. The van der Waals surface area contributed by atoms with Crippen molar-refractivity contribution in [1.82, 2.24) is 29.5 Å². The molecule has 144 valence electrons. The van der Waals surface area contributed by atoms with Crippen molar-refractivity contribution in [2.24, 2.45) is 5.41 Å². The molecule has 8 heteroatoms. The van der Waals surface area contributed by atoms with E-state index in [9.17, 15) is 9.59 Å². The molecule has 0 atom stereocenters. The molecule has 1 spiro atoms. The van der Waals surface area contributed by atoms with Crippen LogP contribution in [0, 0.1) is 12.3 Å². The number of aromatic nitrogens is 4.